The lowest BCUT2D eigenvalue weighted by molar-refractivity contribution is -0.118. The van der Waals surface area contributed by atoms with Gasteiger partial charge >= 0.3 is 0 Å². The number of carbonyl (C=O) groups is 1. The van der Waals surface area contributed by atoms with Gasteiger partial charge in [0.1, 0.15) is 6.61 Å². The molecule has 2 aliphatic rings. The highest BCUT2D eigenvalue weighted by Gasteiger charge is 2.38. The van der Waals surface area contributed by atoms with Crippen LogP contribution in [0, 0.1) is 5.41 Å². The van der Waals surface area contributed by atoms with E-state index in [1.165, 1.54) is 0 Å². The number of ether oxygens (including phenoxy) is 2. The summed E-state index contributed by atoms with van der Waals surface area (Å²) < 4.78 is 12.1. The van der Waals surface area contributed by atoms with E-state index in [1.54, 1.807) is 0 Å². The van der Waals surface area contributed by atoms with E-state index in [-0.39, 0.29) is 17.2 Å². The lowest BCUT2D eigenvalue weighted by Gasteiger charge is -2.34. The average Bonchev–Trinajstić information content (AvgIpc) is 3.00. The van der Waals surface area contributed by atoms with Crippen molar-refractivity contribution in [3.63, 3.8) is 0 Å². The van der Waals surface area contributed by atoms with Crippen molar-refractivity contribution in [3.05, 3.63) is 94.1 Å². The van der Waals surface area contributed by atoms with Crippen molar-refractivity contribution >= 4 is 28.8 Å². The second-order valence-corrected chi connectivity index (χ2v) is 10.5. The van der Waals surface area contributed by atoms with Crippen LogP contribution >= 0.6 is 11.6 Å². The maximum absolute atomic E-state index is 13.5. The van der Waals surface area contributed by atoms with Gasteiger partial charge in [-0.15, -0.1) is 0 Å². The van der Waals surface area contributed by atoms with Crippen LogP contribution in [-0.4, -0.2) is 12.4 Å². The number of fused-ring (bicyclic) bond motifs is 1. The van der Waals surface area contributed by atoms with Gasteiger partial charge in [-0.25, -0.2) is 0 Å². The lowest BCUT2D eigenvalue weighted by atomic mass is 9.73. The third-order valence-corrected chi connectivity index (χ3v) is 7.03. The van der Waals surface area contributed by atoms with E-state index in [2.05, 4.69) is 24.5 Å². The number of rotatable bonds is 6. The van der Waals surface area contributed by atoms with Crippen molar-refractivity contribution in [1.82, 2.24) is 0 Å². The molecule has 0 fully saturated rings. The Labute approximate surface area is 217 Å². The zero-order valence-electron chi connectivity index (χ0n) is 20.9. The number of anilines is 2. The molecule has 0 amide bonds. The maximum Gasteiger partial charge on any atom is 0.163 e. The molecule has 0 saturated heterocycles. The Morgan fingerprint density at radius 1 is 0.944 bits per heavy atom. The molecule has 3 aromatic carbocycles. The second kappa shape index (κ2) is 9.90. The number of carbonyl (C=O) groups excluding carboxylic acids is 1. The van der Waals surface area contributed by atoms with Crippen LogP contribution in [0.4, 0.5) is 11.4 Å². The minimum absolute atomic E-state index is 0.0976. The summed E-state index contributed by atoms with van der Waals surface area (Å²) in [5, 5.41) is 7.87. The van der Waals surface area contributed by atoms with Crippen LogP contribution in [0.3, 0.4) is 0 Å². The molecule has 6 heteroatoms. The summed E-state index contributed by atoms with van der Waals surface area (Å²) in [6.45, 7) is 7.07. The summed E-state index contributed by atoms with van der Waals surface area (Å²) in [5.41, 5.74) is 5.46. The van der Waals surface area contributed by atoms with Gasteiger partial charge in [-0.2, -0.15) is 0 Å². The Balaban J connectivity index is 1.53. The number of hydrogen-bond donors (Lipinski definition) is 2. The highest BCUT2D eigenvalue weighted by atomic mass is 35.5. The number of hydrogen-bond acceptors (Lipinski definition) is 5. The van der Waals surface area contributed by atoms with Crippen molar-refractivity contribution in [3.8, 4) is 11.5 Å². The minimum atomic E-state index is -0.309. The monoisotopic (exact) mass is 502 g/mol. The first-order valence-electron chi connectivity index (χ1n) is 12.4. The summed E-state index contributed by atoms with van der Waals surface area (Å²) in [6, 6.07) is 21.3. The second-order valence-electron chi connectivity index (χ2n) is 10.1. The fourth-order valence-corrected chi connectivity index (χ4v) is 5.19. The Bertz CT molecular complexity index is 1330. The molecule has 0 aromatic heterocycles. The van der Waals surface area contributed by atoms with Crippen molar-refractivity contribution in [1.29, 1.82) is 0 Å². The summed E-state index contributed by atoms with van der Waals surface area (Å²) in [6.07, 6.45) is 1.32. The molecule has 1 aliphatic heterocycles. The molecule has 1 aliphatic carbocycles. The number of benzene rings is 3. The number of nitrogens with one attached hydrogen (secondary N) is 2. The topological polar surface area (TPSA) is 59.6 Å². The van der Waals surface area contributed by atoms with Crippen LogP contribution in [0.1, 0.15) is 50.8 Å². The Morgan fingerprint density at radius 3 is 2.47 bits per heavy atom. The van der Waals surface area contributed by atoms with Crippen molar-refractivity contribution < 1.29 is 14.3 Å². The van der Waals surface area contributed by atoms with Gasteiger partial charge in [-0.3, -0.25) is 4.79 Å². The normalized spacial score (nSPS) is 18.3. The standard InChI is InChI=1S/C30H31ClN2O3/c1-4-35-27-15-19(13-14-26(27)36-18-20-9-5-6-10-21(20)31)29-28-24(16-30(2,3)17-25(28)34)32-22-11-7-8-12-23(22)33-29/h5-15,29,32-33H,4,16-18H2,1-3H3. The van der Waals surface area contributed by atoms with E-state index in [0.29, 0.717) is 36.2 Å². The van der Waals surface area contributed by atoms with Gasteiger partial charge in [-0.05, 0) is 54.7 Å². The van der Waals surface area contributed by atoms with Crippen molar-refractivity contribution in [2.75, 3.05) is 17.2 Å². The molecule has 1 atom stereocenters. The Hall–Kier alpha value is -3.44. The molecule has 5 nitrogen and oxygen atoms in total. The Kier molecular flexibility index (Phi) is 6.67. The SMILES string of the molecule is CCOc1cc(C2Nc3ccccc3NC3=C2C(=O)CC(C)(C)C3)ccc1OCc1ccccc1Cl. The summed E-state index contributed by atoms with van der Waals surface area (Å²) >= 11 is 6.31. The van der Waals surface area contributed by atoms with E-state index >= 15 is 0 Å². The summed E-state index contributed by atoms with van der Waals surface area (Å²) in [7, 11) is 0. The first-order chi connectivity index (χ1) is 17.3. The van der Waals surface area contributed by atoms with Crippen molar-refractivity contribution in [2.45, 2.75) is 46.3 Å². The molecule has 1 unspecified atom stereocenters. The van der Waals surface area contributed by atoms with Crippen molar-refractivity contribution in [2.24, 2.45) is 5.41 Å². The largest absolute Gasteiger partial charge is 0.490 e. The zero-order chi connectivity index (χ0) is 25.3. The van der Waals surface area contributed by atoms with E-state index in [1.807, 2.05) is 73.7 Å². The number of allylic oxidation sites excluding steroid dienone is 1. The summed E-state index contributed by atoms with van der Waals surface area (Å²) in [4.78, 5) is 13.5. The van der Waals surface area contributed by atoms with Gasteiger partial charge in [0.05, 0.1) is 24.0 Å². The van der Waals surface area contributed by atoms with Crippen LogP contribution in [-0.2, 0) is 11.4 Å². The third kappa shape index (κ3) is 4.93. The van der Waals surface area contributed by atoms with Gasteiger partial charge in [-0.1, -0.05) is 61.8 Å². The lowest BCUT2D eigenvalue weighted by Crippen LogP contribution is -2.31. The van der Waals surface area contributed by atoms with Crippen LogP contribution in [0.2, 0.25) is 5.02 Å². The number of ketones is 1. The molecular formula is C30H31ClN2O3. The smallest absolute Gasteiger partial charge is 0.163 e. The molecule has 0 saturated carbocycles. The van der Waals surface area contributed by atoms with Gasteiger partial charge in [0.25, 0.3) is 0 Å². The van der Waals surface area contributed by atoms with Crippen LogP contribution in [0.15, 0.2) is 78.0 Å². The molecule has 5 rings (SSSR count). The predicted octanol–water partition coefficient (Wildman–Crippen LogP) is 7.54. The summed E-state index contributed by atoms with van der Waals surface area (Å²) in [5.74, 6) is 1.44. The molecule has 186 valence electrons. The fourth-order valence-electron chi connectivity index (χ4n) is 5.00. The van der Waals surface area contributed by atoms with E-state index in [4.69, 9.17) is 21.1 Å². The molecule has 0 radical (unpaired) electrons. The van der Waals surface area contributed by atoms with E-state index in [0.717, 1.165) is 40.2 Å². The van der Waals surface area contributed by atoms with Gasteiger partial charge in [0.15, 0.2) is 17.3 Å². The highest BCUT2D eigenvalue weighted by Crippen LogP contribution is 2.46. The number of para-hydroxylation sites is 2. The fraction of sp³-hybridized carbons (Fsp3) is 0.300. The van der Waals surface area contributed by atoms with E-state index < -0.39 is 0 Å². The van der Waals surface area contributed by atoms with E-state index in [9.17, 15) is 4.79 Å². The molecule has 2 N–H and O–H groups in total. The maximum atomic E-state index is 13.5. The van der Waals surface area contributed by atoms with Gasteiger partial charge in [0.2, 0.25) is 0 Å². The first kappa shape index (κ1) is 24.3. The average molecular weight is 503 g/mol. The molecular weight excluding hydrogens is 472 g/mol. The third-order valence-electron chi connectivity index (χ3n) is 6.66. The molecule has 1 heterocycles. The molecule has 3 aromatic rings. The highest BCUT2D eigenvalue weighted by molar-refractivity contribution is 6.31. The number of halogens is 1. The number of Topliss-reactive ketones (excluding diaryl/α,β-unsaturated/α-hetero) is 1. The first-order valence-corrected chi connectivity index (χ1v) is 12.7. The van der Waals surface area contributed by atoms with Crippen LogP contribution in [0.25, 0.3) is 0 Å². The van der Waals surface area contributed by atoms with Crippen LogP contribution < -0.4 is 20.1 Å². The molecule has 36 heavy (non-hydrogen) atoms. The van der Waals surface area contributed by atoms with Crippen LogP contribution in [0.5, 0.6) is 11.5 Å². The Morgan fingerprint density at radius 2 is 1.69 bits per heavy atom. The van der Waals surface area contributed by atoms with Gasteiger partial charge < -0.3 is 20.1 Å². The zero-order valence-corrected chi connectivity index (χ0v) is 21.6. The predicted molar refractivity (Wildman–Crippen MR) is 145 cm³/mol. The van der Waals surface area contributed by atoms with Gasteiger partial charge in [0, 0.05) is 28.3 Å². The minimum Gasteiger partial charge on any atom is -0.490 e. The molecule has 0 spiro atoms. The quantitative estimate of drug-likeness (QED) is 0.364. The molecule has 0 bridgehead atoms.